The number of hydrogen-bond acceptors (Lipinski definition) is 3. The van der Waals surface area contributed by atoms with Crippen molar-refractivity contribution in [1.29, 1.82) is 0 Å². The summed E-state index contributed by atoms with van der Waals surface area (Å²) in [6, 6.07) is 4.36. The molecule has 0 aromatic carbocycles. The monoisotopic (exact) mass is 338 g/mol. The highest BCUT2D eigenvalue weighted by Gasteiger charge is 2.02. The summed E-state index contributed by atoms with van der Waals surface area (Å²) in [5.74, 6) is 1.05. The van der Waals surface area contributed by atoms with E-state index in [1.54, 1.807) is 7.11 Å². The van der Waals surface area contributed by atoms with Gasteiger partial charge >= 0.3 is 0 Å². The Balaban J connectivity index is 0. The lowest BCUT2D eigenvalue weighted by molar-refractivity contribution is 0.192. The van der Waals surface area contributed by atoms with E-state index in [4.69, 9.17) is 4.74 Å². The minimum Gasteiger partial charge on any atom is -0.385 e. The Hall–Kier alpha value is -1.09. The second-order valence-corrected chi connectivity index (χ2v) is 5.57. The van der Waals surface area contributed by atoms with Gasteiger partial charge in [-0.25, -0.2) is 4.98 Å². The second-order valence-electron chi connectivity index (χ2n) is 5.57. The van der Waals surface area contributed by atoms with Crippen LogP contribution in [-0.4, -0.2) is 25.7 Å². The fourth-order valence-electron chi connectivity index (χ4n) is 2.22. The van der Waals surface area contributed by atoms with E-state index in [-0.39, 0.29) is 0 Å². The van der Waals surface area contributed by atoms with Gasteiger partial charge in [0.25, 0.3) is 0 Å². The number of pyridine rings is 1. The SMILES string of the molecule is CC.CCCCCOC.CCCCCc1ccc(CC)c(NC)n1. The third kappa shape index (κ3) is 13.4. The molecule has 0 bridgehead atoms. The Morgan fingerprint density at radius 3 is 2.08 bits per heavy atom. The van der Waals surface area contributed by atoms with Crippen molar-refractivity contribution in [2.75, 3.05) is 26.1 Å². The van der Waals surface area contributed by atoms with E-state index in [0.29, 0.717) is 0 Å². The summed E-state index contributed by atoms with van der Waals surface area (Å²) < 4.78 is 4.84. The summed E-state index contributed by atoms with van der Waals surface area (Å²) in [5.41, 5.74) is 2.52. The molecule has 1 aromatic rings. The molecule has 0 amide bonds. The molecule has 0 saturated carbocycles. The fourth-order valence-corrected chi connectivity index (χ4v) is 2.22. The minimum atomic E-state index is 0.924. The predicted octanol–water partition coefficient (Wildman–Crippen LogP) is 6.27. The average Bonchev–Trinajstić information content (AvgIpc) is 2.64. The predicted molar refractivity (Wildman–Crippen MR) is 109 cm³/mol. The van der Waals surface area contributed by atoms with Crippen molar-refractivity contribution in [2.24, 2.45) is 0 Å². The van der Waals surface area contributed by atoms with Gasteiger partial charge < -0.3 is 10.1 Å². The van der Waals surface area contributed by atoms with E-state index in [1.165, 1.54) is 49.8 Å². The van der Waals surface area contributed by atoms with Crippen molar-refractivity contribution >= 4 is 5.82 Å². The number of rotatable bonds is 10. The molecule has 0 aliphatic carbocycles. The normalized spacial score (nSPS) is 9.46. The molecule has 3 heteroatoms. The van der Waals surface area contributed by atoms with Crippen LogP contribution in [-0.2, 0) is 17.6 Å². The molecule has 0 fully saturated rings. The topological polar surface area (TPSA) is 34.1 Å². The van der Waals surface area contributed by atoms with Gasteiger partial charge in [-0.3, -0.25) is 0 Å². The number of aromatic nitrogens is 1. The van der Waals surface area contributed by atoms with Gasteiger partial charge in [0, 0.05) is 26.5 Å². The van der Waals surface area contributed by atoms with Crippen molar-refractivity contribution in [3.8, 4) is 0 Å². The van der Waals surface area contributed by atoms with Crippen LogP contribution in [0.3, 0.4) is 0 Å². The number of ether oxygens (including phenoxy) is 1. The molecule has 0 saturated heterocycles. The highest BCUT2D eigenvalue weighted by molar-refractivity contribution is 5.44. The van der Waals surface area contributed by atoms with E-state index in [2.05, 4.69) is 43.2 Å². The molecule has 1 heterocycles. The molecule has 24 heavy (non-hydrogen) atoms. The number of nitrogens with one attached hydrogen (secondary N) is 1. The van der Waals surface area contributed by atoms with E-state index >= 15 is 0 Å². The number of unbranched alkanes of at least 4 members (excludes halogenated alkanes) is 4. The van der Waals surface area contributed by atoms with Gasteiger partial charge in [-0.05, 0) is 37.3 Å². The zero-order valence-electron chi connectivity index (χ0n) is 17.4. The van der Waals surface area contributed by atoms with Gasteiger partial charge in [-0.15, -0.1) is 0 Å². The zero-order chi connectivity index (χ0) is 18.6. The smallest absolute Gasteiger partial charge is 0.129 e. The van der Waals surface area contributed by atoms with Crippen molar-refractivity contribution < 1.29 is 4.74 Å². The molecule has 0 aliphatic heterocycles. The molecule has 1 rings (SSSR count). The first-order valence-corrected chi connectivity index (χ1v) is 9.88. The summed E-state index contributed by atoms with van der Waals surface area (Å²) in [6.45, 7) is 11.5. The first-order valence-electron chi connectivity index (χ1n) is 9.88. The highest BCUT2D eigenvalue weighted by atomic mass is 16.5. The lowest BCUT2D eigenvalue weighted by atomic mass is 10.1. The van der Waals surface area contributed by atoms with Gasteiger partial charge in [0.05, 0.1) is 0 Å². The first-order chi connectivity index (χ1) is 11.7. The molecule has 0 aliphatic rings. The van der Waals surface area contributed by atoms with Crippen LogP contribution in [0.4, 0.5) is 5.82 Å². The van der Waals surface area contributed by atoms with Crippen molar-refractivity contribution in [3.63, 3.8) is 0 Å². The van der Waals surface area contributed by atoms with Crippen molar-refractivity contribution in [3.05, 3.63) is 23.4 Å². The molecule has 0 unspecified atom stereocenters. The number of anilines is 1. The molecular weight excluding hydrogens is 296 g/mol. The largest absolute Gasteiger partial charge is 0.385 e. The van der Waals surface area contributed by atoms with Gasteiger partial charge in [0.15, 0.2) is 0 Å². The lowest BCUT2D eigenvalue weighted by Gasteiger charge is -2.08. The maximum absolute atomic E-state index is 4.84. The van der Waals surface area contributed by atoms with Gasteiger partial charge in [0.2, 0.25) is 0 Å². The quantitative estimate of drug-likeness (QED) is 0.511. The third-order valence-electron chi connectivity index (χ3n) is 3.64. The molecular formula is C21H42N2O. The Morgan fingerprint density at radius 1 is 0.958 bits per heavy atom. The van der Waals surface area contributed by atoms with Crippen molar-refractivity contribution in [2.45, 2.75) is 86.0 Å². The van der Waals surface area contributed by atoms with Gasteiger partial charge in [-0.1, -0.05) is 66.4 Å². The van der Waals surface area contributed by atoms with E-state index in [1.807, 2.05) is 20.9 Å². The first kappa shape index (κ1) is 25.2. The zero-order valence-corrected chi connectivity index (χ0v) is 17.4. The molecule has 142 valence electrons. The highest BCUT2D eigenvalue weighted by Crippen LogP contribution is 2.15. The molecule has 0 radical (unpaired) electrons. The third-order valence-corrected chi connectivity index (χ3v) is 3.64. The summed E-state index contributed by atoms with van der Waals surface area (Å²) in [5, 5.41) is 3.17. The van der Waals surface area contributed by atoms with Crippen LogP contribution in [0.25, 0.3) is 0 Å². The van der Waals surface area contributed by atoms with E-state index < -0.39 is 0 Å². The Morgan fingerprint density at radius 2 is 1.58 bits per heavy atom. The molecule has 3 nitrogen and oxygen atoms in total. The lowest BCUT2D eigenvalue weighted by Crippen LogP contribution is -2.01. The van der Waals surface area contributed by atoms with Gasteiger partial charge in [0.1, 0.15) is 5.82 Å². The van der Waals surface area contributed by atoms with Gasteiger partial charge in [-0.2, -0.15) is 0 Å². The van der Waals surface area contributed by atoms with Crippen LogP contribution in [0, 0.1) is 0 Å². The maximum Gasteiger partial charge on any atom is 0.129 e. The fraction of sp³-hybridized carbons (Fsp3) is 0.762. The number of nitrogens with zero attached hydrogens (tertiary/aromatic N) is 1. The Labute approximate surface area is 151 Å². The number of methoxy groups -OCH3 is 1. The van der Waals surface area contributed by atoms with Crippen LogP contribution < -0.4 is 5.32 Å². The summed E-state index contributed by atoms with van der Waals surface area (Å²) in [7, 11) is 3.69. The van der Waals surface area contributed by atoms with E-state index in [0.717, 1.165) is 25.3 Å². The second kappa shape index (κ2) is 20.0. The summed E-state index contributed by atoms with van der Waals surface area (Å²) >= 11 is 0. The van der Waals surface area contributed by atoms with Crippen LogP contribution in [0.5, 0.6) is 0 Å². The maximum atomic E-state index is 4.84. The minimum absolute atomic E-state index is 0.924. The standard InChI is InChI=1S/C13H22N2.C6H14O.C2H6/c1-4-6-7-8-12-10-9-11(5-2)13(14-3)15-12;1-3-4-5-6-7-2;1-2/h9-10H,4-8H2,1-3H3,(H,14,15);3-6H2,1-2H3;1-2H3. The van der Waals surface area contributed by atoms with E-state index in [9.17, 15) is 0 Å². The number of aryl methyl sites for hydroxylation is 2. The summed E-state index contributed by atoms with van der Waals surface area (Å²) in [4.78, 5) is 4.62. The average molecular weight is 339 g/mol. The van der Waals surface area contributed by atoms with Crippen LogP contribution in [0.2, 0.25) is 0 Å². The van der Waals surface area contributed by atoms with Crippen molar-refractivity contribution in [1.82, 2.24) is 4.98 Å². The van der Waals surface area contributed by atoms with Crippen LogP contribution in [0.15, 0.2) is 12.1 Å². The molecule has 0 atom stereocenters. The molecule has 0 spiro atoms. The number of hydrogen-bond donors (Lipinski definition) is 1. The van der Waals surface area contributed by atoms with Crippen LogP contribution in [0.1, 0.15) is 84.4 Å². The Kier molecular flexibility index (Phi) is 20.9. The molecule has 1 N–H and O–H groups in total. The van der Waals surface area contributed by atoms with Crippen LogP contribution >= 0.6 is 0 Å². The molecule has 1 aromatic heterocycles. The summed E-state index contributed by atoms with van der Waals surface area (Å²) in [6.07, 6.45) is 9.76. The Bertz CT molecular complexity index is 363.